The SMILES string of the molecule is COCCCCCNC(=O)NC(C)(C)CC(=O)O. The van der Waals surface area contributed by atoms with Gasteiger partial charge in [0, 0.05) is 25.8 Å². The van der Waals surface area contributed by atoms with Crippen molar-refractivity contribution in [1.82, 2.24) is 10.6 Å². The molecule has 0 aromatic heterocycles. The summed E-state index contributed by atoms with van der Waals surface area (Å²) in [5.41, 5.74) is -0.744. The van der Waals surface area contributed by atoms with Crippen LogP contribution in [0.2, 0.25) is 0 Å². The van der Waals surface area contributed by atoms with Crippen LogP contribution in [0, 0.1) is 0 Å². The molecule has 0 aromatic carbocycles. The van der Waals surface area contributed by atoms with Gasteiger partial charge in [-0.3, -0.25) is 4.79 Å². The Labute approximate surface area is 108 Å². The predicted molar refractivity (Wildman–Crippen MR) is 68.6 cm³/mol. The third kappa shape index (κ3) is 9.89. The number of amides is 2. The minimum Gasteiger partial charge on any atom is -0.481 e. The number of aliphatic carboxylic acids is 1. The Balaban J connectivity index is 3.67. The lowest BCUT2D eigenvalue weighted by Crippen LogP contribution is -2.49. The van der Waals surface area contributed by atoms with E-state index >= 15 is 0 Å². The number of carboxylic acid groups (broad SMARTS) is 1. The Morgan fingerprint density at radius 2 is 1.89 bits per heavy atom. The van der Waals surface area contributed by atoms with Crippen LogP contribution in [0.1, 0.15) is 39.5 Å². The van der Waals surface area contributed by atoms with Crippen molar-refractivity contribution in [2.24, 2.45) is 0 Å². The van der Waals surface area contributed by atoms with Gasteiger partial charge in [0.25, 0.3) is 0 Å². The zero-order valence-corrected chi connectivity index (χ0v) is 11.4. The van der Waals surface area contributed by atoms with Crippen LogP contribution in [0.5, 0.6) is 0 Å². The molecule has 0 aliphatic rings. The number of methoxy groups -OCH3 is 1. The maximum Gasteiger partial charge on any atom is 0.315 e. The molecule has 0 bridgehead atoms. The van der Waals surface area contributed by atoms with Crippen molar-refractivity contribution in [2.45, 2.75) is 45.1 Å². The average molecular weight is 260 g/mol. The van der Waals surface area contributed by atoms with Crippen molar-refractivity contribution in [3.05, 3.63) is 0 Å². The first-order chi connectivity index (χ1) is 8.37. The van der Waals surface area contributed by atoms with E-state index in [1.807, 2.05) is 0 Å². The highest BCUT2D eigenvalue weighted by Gasteiger charge is 2.23. The van der Waals surface area contributed by atoms with Gasteiger partial charge >= 0.3 is 12.0 Å². The molecule has 6 heteroatoms. The number of unbranched alkanes of at least 4 members (excludes halogenated alkanes) is 2. The average Bonchev–Trinajstić information content (AvgIpc) is 2.20. The molecule has 0 saturated carbocycles. The minimum absolute atomic E-state index is 0.103. The number of hydrogen-bond donors (Lipinski definition) is 3. The first-order valence-corrected chi connectivity index (χ1v) is 6.14. The number of rotatable bonds is 9. The summed E-state index contributed by atoms with van der Waals surface area (Å²) in [6.07, 6.45) is 2.75. The van der Waals surface area contributed by atoms with Gasteiger partial charge < -0.3 is 20.5 Å². The van der Waals surface area contributed by atoms with E-state index in [0.29, 0.717) is 6.54 Å². The first-order valence-electron chi connectivity index (χ1n) is 6.14. The quantitative estimate of drug-likeness (QED) is 0.546. The van der Waals surface area contributed by atoms with Crippen molar-refractivity contribution in [3.8, 4) is 0 Å². The fraction of sp³-hybridized carbons (Fsp3) is 0.833. The Hall–Kier alpha value is -1.30. The van der Waals surface area contributed by atoms with Crippen molar-refractivity contribution in [1.29, 1.82) is 0 Å². The Morgan fingerprint density at radius 1 is 1.22 bits per heavy atom. The van der Waals surface area contributed by atoms with Crippen molar-refractivity contribution in [3.63, 3.8) is 0 Å². The van der Waals surface area contributed by atoms with E-state index < -0.39 is 11.5 Å². The van der Waals surface area contributed by atoms with Crippen LogP contribution in [0.15, 0.2) is 0 Å². The molecule has 6 nitrogen and oxygen atoms in total. The number of ether oxygens (including phenoxy) is 1. The highest BCUT2D eigenvalue weighted by Crippen LogP contribution is 2.07. The first kappa shape index (κ1) is 16.7. The highest BCUT2D eigenvalue weighted by molar-refractivity contribution is 5.76. The summed E-state index contributed by atoms with van der Waals surface area (Å²) in [6.45, 7) is 4.68. The number of hydrogen-bond acceptors (Lipinski definition) is 3. The maximum atomic E-state index is 11.5. The van der Waals surface area contributed by atoms with Crippen LogP contribution in [-0.4, -0.2) is 42.9 Å². The highest BCUT2D eigenvalue weighted by atomic mass is 16.5. The van der Waals surface area contributed by atoms with Crippen LogP contribution < -0.4 is 10.6 Å². The van der Waals surface area contributed by atoms with E-state index in [9.17, 15) is 9.59 Å². The molecule has 0 rings (SSSR count). The molecule has 0 atom stereocenters. The standard InChI is InChI=1S/C12H24N2O4/c1-12(2,9-10(15)16)14-11(17)13-7-5-4-6-8-18-3/h4-9H2,1-3H3,(H,15,16)(H2,13,14,17). The molecule has 18 heavy (non-hydrogen) atoms. The van der Waals surface area contributed by atoms with E-state index in [-0.39, 0.29) is 12.5 Å². The van der Waals surface area contributed by atoms with Gasteiger partial charge in [0.15, 0.2) is 0 Å². The zero-order chi connectivity index (χ0) is 14.0. The van der Waals surface area contributed by atoms with E-state index in [1.54, 1.807) is 21.0 Å². The molecular formula is C12H24N2O4. The summed E-state index contributed by atoms with van der Waals surface area (Å²) >= 11 is 0. The van der Waals surface area contributed by atoms with Gasteiger partial charge in [0.05, 0.1) is 6.42 Å². The van der Waals surface area contributed by atoms with Gasteiger partial charge in [-0.2, -0.15) is 0 Å². The molecule has 2 amide bonds. The second-order valence-corrected chi connectivity index (χ2v) is 4.89. The molecule has 0 radical (unpaired) electrons. The van der Waals surface area contributed by atoms with Gasteiger partial charge in [0.1, 0.15) is 0 Å². The molecule has 0 aromatic rings. The summed E-state index contributed by atoms with van der Waals surface area (Å²) in [5.74, 6) is -0.931. The van der Waals surface area contributed by atoms with E-state index in [2.05, 4.69) is 10.6 Å². The second-order valence-electron chi connectivity index (χ2n) is 4.89. The van der Waals surface area contributed by atoms with E-state index in [1.165, 1.54) is 0 Å². The van der Waals surface area contributed by atoms with Gasteiger partial charge in [0.2, 0.25) is 0 Å². The maximum absolute atomic E-state index is 11.5. The lowest BCUT2D eigenvalue weighted by molar-refractivity contribution is -0.138. The number of carbonyl (C=O) groups excluding carboxylic acids is 1. The van der Waals surface area contributed by atoms with Crippen molar-refractivity contribution in [2.75, 3.05) is 20.3 Å². The normalized spacial score (nSPS) is 11.1. The van der Waals surface area contributed by atoms with Crippen LogP contribution >= 0.6 is 0 Å². The Bertz CT molecular complexity index is 267. The number of carbonyl (C=O) groups is 2. The van der Waals surface area contributed by atoms with Crippen LogP contribution in [0.3, 0.4) is 0 Å². The molecule has 106 valence electrons. The fourth-order valence-electron chi connectivity index (χ4n) is 1.52. The molecule has 0 aliphatic heterocycles. The summed E-state index contributed by atoms with van der Waals surface area (Å²) in [4.78, 5) is 22.1. The number of carboxylic acids is 1. The molecule has 3 N–H and O–H groups in total. The van der Waals surface area contributed by atoms with Crippen LogP contribution in [0.25, 0.3) is 0 Å². The zero-order valence-electron chi connectivity index (χ0n) is 11.4. The van der Waals surface area contributed by atoms with Crippen molar-refractivity contribution < 1.29 is 19.4 Å². The third-order valence-corrected chi connectivity index (χ3v) is 2.36. The Kier molecular flexibility index (Phi) is 8.11. The Morgan fingerprint density at radius 3 is 2.44 bits per heavy atom. The summed E-state index contributed by atoms with van der Waals surface area (Å²) in [6, 6.07) is -0.326. The summed E-state index contributed by atoms with van der Waals surface area (Å²) in [7, 11) is 1.66. The van der Waals surface area contributed by atoms with Crippen molar-refractivity contribution >= 4 is 12.0 Å². The van der Waals surface area contributed by atoms with Gasteiger partial charge in [-0.1, -0.05) is 0 Å². The number of nitrogens with one attached hydrogen (secondary N) is 2. The van der Waals surface area contributed by atoms with Crippen LogP contribution in [0.4, 0.5) is 4.79 Å². The third-order valence-electron chi connectivity index (χ3n) is 2.36. The largest absolute Gasteiger partial charge is 0.481 e. The molecule has 0 spiro atoms. The monoisotopic (exact) mass is 260 g/mol. The smallest absolute Gasteiger partial charge is 0.315 e. The molecule has 0 heterocycles. The lowest BCUT2D eigenvalue weighted by atomic mass is 10.0. The molecule has 0 fully saturated rings. The second kappa shape index (κ2) is 8.74. The molecule has 0 aliphatic carbocycles. The summed E-state index contributed by atoms with van der Waals surface area (Å²) in [5, 5.41) is 14.0. The molecular weight excluding hydrogens is 236 g/mol. The number of urea groups is 1. The van der Waals surface area contributed by atoms with Crippen LogP contribution in [-0.2, 0) is 9.53 Å². The lowest BCUT2D eigenvalue weighted by Gasteiger charge is -2.24. The summed E-state index contributed by atoms with van der Waals surface area (Å²) < 4.78 is 4.92. The molecule has 0 saturated heterocycles. The van der Waals surface area contributed by atoms with Gasteiger partial charge in [-0.15, -0.1) is 0 Å². The van der Waals surface area contributed by atoms with Gasteiger partial charge in [-0.25, -0.2) is 4.79 Å². The fourth-order valence-corrected chi connectivity index (χ4v) is 1.52. The molecule has 0 unspecified atom stereocenters. The van der Waals surface area contributed by atoms with Gasteiger partial charge in [-0.05, 0) is 33.1 Å². The van der Waals surface area contributed by atoms with E-state index in [0.717, 1.165) is 25.9 Å². The van der Waals surface area contributed by atoms with E-state index in [4.69, 9.17) is 9.84 Å². The predicted octanol–water partition coefficient (Wildman–Crippen LogP) is 1.36. The minimum atomic E-state index is -0.931. The topological polar surface area (TPSA) is 87.7 Å².